The number of pyridine rings is 3. The van der Waals surface area contributed by atoms with Gasteiger partial charge in [-0.05, 0) is 42.0 Å². The summed E-state index contributed by atoms with van der Waals surface area (Å²) in [5, 5.41) is 4.95. The van der Waals surface area contributed by atoms with Crippen LogP contribution in [0.5, 0.6) is 0 Å². The Balaban J connectivity index is 1.74. The maximum atomic E-state index is 6.33. The summed E-state index contributed by atoms with van der Waals surface area (Å²) < 4.78 is 0. The van der Waals surface area contributed by atoms with E-state index in [1.165, 1.54) is 0 Å². The summed E-state index contributed by atoms with van der Waals surface area (Å²) in [5.41, 5.74) is 3.63. The second-order valence-corrected chi connectivity index (χ2v) is 5.75. The minimum atomic E-state index is 0.617. The van der Waals surface area contributed by atoms with Gasteiger partial charge in [0.15, 0.2) is 0 Å². The molecule has 0 radical (unpaired) electrons. The number of aromatic amines is 1. The second-order valence-electron chi connectivity index (χ2n) is 5.34. The molecule has 0 amide bonds. The van der Waals surface area contributed by atoms with Crippen LogP contribution in [0.4, 0.5) is 5.82 Å². The Hall–Kier alpha value is -2.92. The molecule has 6 heteroatoms. The van der Waals surface area contributed by atoms with Crippen molar-refractivity contribution in [3.63, 3.8) is 0 Å². The Morgan fingerprint density at radius 2 is 1.96 bits per heavy atom. The zero-order valence-corrected chi connectivity index (χ0v) is 13.5. The van der Waals surface area contributed by atoms with Gasteiger partial charge < -0.3 is 10.3 Å². The average Bonchev–Trinajstić information content (AvgIpc) is 3.09. The van der Waals surface area contributed by atoms with Gasteiger partial charge >= 0.3 is 0 Å². The number of halogens is 1. The summed E-state index contributed by atoms with van der Waals surface area (Å²) in [6, 6.07) is 11.6. The monoisotopic (exact) mass is 335 g/mol. The molecule has 4 heterocycles. The van der Waals surface area contributed by atoms with Gasteiger partial charge in [0.25, 0.3) is 0 Å². The second kappa shape index (κ2) is 6.29. The van der Waals surface area contributed by atoms with Gasteiger partial charge in [-0.15, -0.1) is 0 Å². The van der Waals surface area contributed by atoms with Crippen molar-refractivity contribution in [1.29, 1.82) is 0 Å². The van der Waals surface area contributed by atoms with Crippen LogP contribution >= 0.6 is 11.6 Å². The van der Waals surface area contributed by atoms with E-state index in [1.54, 1.807) is 18.6 Å². The SMILES string of the molecule is Clc1cccnc1-c1cc(NCc2ccncc2)nc2[nH]ccc12. The first-order chi connectivity index (χ1) is 11.8. The number of anilines is 1. The third-order valence-corrected chi connectivity index (χ3v) is 4.07. The molecule has 0 aliphatic rings. The summed E-state index contributed by atoms with van der Waals surface area (Å²) in [6.07, 6.45) is 7.16. The molecule has 4 aromatic rings. The molecule has 4 rings (SSSR count). The van der Waals surface area contributed by atoms with E-state index in [0.29, 0.717) is 11.6 Å². The smallest absolute Gasteiger partial charge is 0.140 e. The van der Waals surface area contributed by atoms with E-state index in [-0.39, 0.29) is 0 Å². The van der Waals surface area contributed by atoms with Crippen LogP contribution in [0.3, 0.4) is 0 Å². The highest BCUT2D eigenvalue weighted by atomic mass is 35.5. The standard InChI is InChI=1S/C18H14ClN5/c19-15-2-1-6-21-17(15)14-10-16(24-18-13(14)5-9-22-18)23-11-12-3-7-20-8-4-12/h1-10H,11H2,(H2,22,23,24). The van der Waals surface area contributed by atoms with Gasteiger partial charge in [-0.1, -0.05) is 11.6 Å². The average molecular weight is 336 g/mol. The van der Waals surface area contributed by atoms with Gasteiger partial charge in [-0.25, -0.2) is 4.98 Å². The molecule has 0 unspecified atom stereocenters. The molecule has 0 bridgehead atoms. The molecule has 0 aromatic carbocycles. The molecule has 0 spiro atoms. The molecule has 2 N–H and O–H groups in total. The summed E-state index contributed by atoms with van der Waals surface area (Å²) in [7, 11) is 0. The highest BCUT2D eigenvalue weighted by molar-refractivity contribution is 6.33. The first kappa shape index (κ1) is 14.7. The maximum Gasteiger partial charge on any atom is 0.140 e. The largest absolute Gasteiger partial charge is 0.366 e. The fraction of sp³-hybridized carbons (Fsp3) is 0.0556. The van der Waals surface area contributed by atoms with Crippen LogP contribution in [-0.2, 0) is 6.54 Å². The van der Waals surface area contributed by atoms with Crippen molar-refractivity contribution in [2.75, 3.05) is 5.32 Å². The van der Waals surface area contributed by atoms with E-state index in [2.05, 4.69) is 25.3 Å². The minimum absolute atomic E-state index is 0.617. The number of rotatable bonds is 4. The van der Waals surface area contributed by atoms with E-state index in [4.69, 9.17) is 11.6 Å². The number of hydrogen-bond donors (Lipinski definition) is 2. The van der Waals surface area contributed by atoms with E-state index in [1.807, 2.05) is 42.6 Å². The number of hydrogen-bond acceptors (Lipinski definition) is 4. The third kappa shape index (κ3) is 2.81. The highest BCUT2D eigenvalue weighted by Crippen LogP contribution is 2.32. The van der Waals surface area contributed by atoms with Crippen molar-refractivity contribution in [3.8, 4) is 11.3 Å². The normalized spacial score (nSPS) is 10.9. The highest BCUT2D eigenvalue weighted by Gasteiger charge is 2.12. The van der Waals surface area contributed by atoms with Crippen molar-refractivity contribution in [2.24, 2.45) is 0 Å². The molecule has 0 aliphatic heterocycles. The van der Waals surface area contributed by atoms with E-state index in [9.17, 15) is 0 Å². The molecule has 0 fully saturated rings. The van der Waals surface area contributed by atoms with Crippen molar-refractivity contribution >= 4 is 28.5 Å². The molecule has 4 aromatic heterocycles. The fourth-order valence-electron chi connectivity index (χ4n) is 2.60. The predicted octanol–water partition coefficient (Wildman–Crippen LogP) is 4.29. The number of aromatic nitrogens is 4. The van der Waals surface area contributed by atoms with Crippen LogP contribution in [0, 0.1) is 0 Å². The van der Waals surface area contributed by atoms with E-state index >= 15 is 0 Å². The fourth-order valence-corrected chi connectivity index (χ4v) is 2.82. The lowest BCUT2D eigenvalue weighted by Crippen LogP contribution is -2.02. The van der Waals surface area contributed by atoms with Gasteiger partial charge in [-0.2, -0.15) is 0 Å². The summed E-state index contributed by atoms with van der Waals surface area (Å²) in [4.78, 5) is 16.2. The first-order valence-electron chi connectivity index (χ1n) is 7.53. The predicted molar refractivity (Wildman–Crippen MR) is 95.9 cm³/mol. The number of nitrogens with one attached hydrogen (secondary N) is 2. The number of nitrogens with zero attached hydrogens (tertiary/aromatic N) is 3. The van der Waals surface area contributed by atoms with Crippen LogP contribution in [0.2, 0.25) is 5.02 Å². The Bertz CT molecular complexity index is 981. The Morgan fingerprint density at radius 1 is 1.08 bits per heavy atom. The molecule has 5 nitrogen and oxygen atoms in total. The van der Waals surface area contributed by atoms with E-state index < -0.39 is 0 Å². The lowest BCUT2D eigenvalue weighted by Gasteiger charge is -2.10. The van der Waals surface area contributed by atoms with Gasteiger partial charge in [0.1, 0.15) is 11.5 Å². The Labute approximate surface area is 143 Å². The minimum Gasteiger partial charge on any atom is -0.366 e. The van der Waals surface area contributed by atoms with Crippen LogP contribution in [0.25, 0.3) is 22.3 Å². The lowest BCUT2D eigenvalue weighted by molar-refractivity contribution is 1.10. The van der Waals surface area contributed by atoms with Crippen molar-refractivity contribution in [2.45, 2.75) is 6.54 Å². The molecular weight excluding hydrogens is 322 g/mol. The molecule has 0 atom stereocenters. The zero-order valence-electron chi connectivity index (χ0n) is 12.7. The summed E-state index contributed by atoms with van der Waals surface area (Å²) in [6.45, 7) is 0.664. The van der Waals surface area contributed by atoms with Crippen LogP contribution in [0.1, 0.15) is 5.56 Å². The third-order valence-electron chi connectivity index (χ3n) is 3.77. The molecule has 118 valence electrons. The number of H-pyrrole nitrogens is 1. The summed E-state index contributed by atoms with van der Waals surface area (Å²) >= 11 is 6.33. The quantitative estimate of drug-likeness (QED) is 0.584. The van der Waals surface area contributed by atoms with Crippen LogP contribution < -0.4 is 5.32 Å². The molecule has 24 heavy (non-hydrogen) atoms. The molecule has 0 aliphatic carbocycles. The van der Waals surface area contributed by atoms with E-state index in [0.717, 1.165) is 33.7 Å². The Kier molecular flexibility index (Phi) is 3.84. The van der Waals surface area contributed by atoms with Gasteiger partial charge in [0, 0.05) is 42.3 Å². The topological polar surface area (TPSA) is 66.5 Å². The van der Waals surface area contributed by atoms with Gasteiger partial charge in [-0.3, -0.25) is 9.97 Å². The first-order valence-corrected chi connectivity index (χ1v) is 7.91. The van der Waals surface area contributed by atoms with Crippen LogP contribution in [0.15, 0.2) is 61.2 Å². The number of fused-ring (bicyclic) bond motifs is 1. The van der Waals surface area contributed by atoms with Crippen molar-refractivity contribution in [3.05, 3.63) is 71.8 Å². The zero-order chi connectivity index (χ0) is 16.4. The van der Waals surface area contributed by atoms with Crippen molar-refractivity contribution in [1.82, 2.24) is 19.9 Å². The Morgan fingerprint density at radius 3 is 2.79 bits per heavy atom. The van der Waals surface area contributed by atoms with Crippen LogP contribution in [-0.4, -0.2) is 19.9 Å². The molecule has 0 saturated carbocycles. The lowest BCUT2D eigenvalue weighted by atomic mass is 10.1. The molecular formula is C18H14ClN5. The summed E-state index contributed by atoms with van der Waals surface area (Å²) in [5.74, 6) is 0.762. The van der Waals surface area contributed by atoms with Gasteiger partial charge in [0.2, 0.25) is 0 Å². The van der Waals surface area contributed by atoms with Crippen molar-refractivity contribution < 1.29 is 0 Å². The maximum absolute atomic E-state index is 6.33. The molecule has 0 saturated heterocycles. The van der Waals surface area contributed by atoms with Gasteiger partial charge in [0.05, 0.1) is 10.7 Å².